The number of methoxy groups -OCH3 is 1. The number of phenols is 1. The minimum absolute atomic E-state index is 0.174. The van der Waals surface area contributed by atoms with Gasteiger partial charge in [-0.2, -0.15) is 5.10 Å². The fourth-order valence-corrected chi connectivity index (χ4v) is 3.97. The second-order valence-electron chi connectivity index (χ2n) is 7.72. The summed E-state index contributed by atoms with van der Waals surface area (Å²) in [5.41, 5.74) is 3.49. The molecule has 1 saturated carbocycles. The summed E-state index contributed by atoms with van der Waals surface area (Å²) < 4.78 is 12.9. The van der Waals surface area contributed by atoms with E-state index < -0.39 is 5.97 Å². The zero-order valence-corrected chi connectivity index (χ0v) is 16.3. The van der Waals surface area contributed by atoms with Gasteiger partial charge in [-0.25, -0.2) is 14.5 Å². The highest BCUT2D eigenvalue weighted by atomic mass is 16.5. The highest BCUT2D eigenvalue weighted by Crippen LogP contribution is 2.44. The third-order valence-corrected chi connectivity index (χ3v) is 5.65. The maximum Gasteiger partial charge on any atom is 0.338 e. The van der Waals surface area contributed by atoms with Gasteiger partial charge in [0.25, 0.3) is 0 Å². The van der Waals surface area contributed by atoms with Crippen molar-refractivity contribution in [3.8, 4) is 17.0 Å². The van der Waals surface area contributed by atoms with Gasteiger partial charge >= 0.3 is 5.97 Å². The molecular weight excluding hydrogens is 370 g/mol. The second-order valence-corrected chi connectivity index (χ2v) is 7.72. The quantitative estimate of drug-likeness (QED) is 0.670. The van der Waals surface area contributed by atoms with Crippen molar-refractivity contribution in [3.05, 3.63) is 41.6 Å². The van der Waals surface area contributed by atoms with Gasteiger partial charge in [0.2, 0.25) is 0 Å². The fourth-order valence-electron chi connectivity index (χ4n) is 3.97. The molecule has 2 aliphatic rings. The van der Waals surface area contributed by atoms with Crippen LogP contribution in [0.2, 0.25) is 0 Å². The number of aromatic nitrogens is 3. The number of fused-ring (bicyclic) bond motifs is 1. The Morgan fingerprint density at radius 3 is 2.66 bits per heavy atom. The van der Waals surface area contributed by atoms with Gasteiger partial charge in [0.15, 0.2) is 11.9 Å². The molecule has 29 heavy (non-hydrogen) atoms. The number of nitrogens with zero attached hydrogens (tertiary/aromatic N) is 3. The number of esters is 1. The third kappa shape index (κ3) is 3.25. The number of hydrogen-bond acceptors (Lipinski definition) is 6. The van der Waals surface area contributed by atoms with Crippen LogP contribution in [-0.2, 0) is 9.47 Å². The first kappa shape index (κ1) is 18.1. The lowest BCUT2D eigenvalue weighted by molar-refractivity contribution is -0.0372. The number of rotatable bonds is 4. The molecular formula is C22H23N3O4. The number of phenolic OH excluding ortho intramolecular Hbond substituents is 1. The van der Waals surface area contributed by atoms with Gasteiger partial charge in [-0.05, 0) is 62.4 Å². The molecule has 2 fully saturated rings. The number of hydrogen-bond donors (Lipinski definition) is 1. The molecule has 1 aliphatic carbocycles. The van der Waals surface area contributed by atoms with Gasteiger partial charge in [0.1, 0.15) is 5.75 Å². The van der Waals surface area contributed by atoms with Crippen LogP contribution in [-0.4, -0.2) is 39.6 Å². The summed E-state index contributed by atoms with van der Waals surface area (Å²) in [7, 11) is 1.39. The summed E-state index contributed by atoms with van der Waals surface area (Å²) in [5.74, 6) is 0.134. The van der Waals surface area contributed by atoms with Crippen LogP contribution in [0, 0.1) is 0 Å². The van der Waals surface area contributed by atoms with Crippen LogP contribution in [0.1, 0.15) is 60.3 Å². The number of aromatic hydroxyl groups is 1. The molecule has 0 bridgehead atoms. The van der Waals surface area contributed by atoms with Crippen LogP contribution >= 0.6 is 0 Å². The highest BCUT2D eigenvalue weighted by molar-refractivity contribution is 6.05. The summed E-state index contributed by atoms with van der Waals surface area (Å²) >= 11 is 0. The average molecular weight is 393 g/mol. The number of ether oxygens (including phenoxy) is 2. The Hall–Kier alpha value is -2.93. The van der Waals surface area contributed by atoms with Crippen molar-refractivity contribution in [3.63, 3.8) is 0 Å². The van der Waals surface area contributed by atoms with E-state index in [0.717, 1.165) is 48.7 Å². The van der Waals surface area contributed by atoms with Crippen molar-refractivity contribution < 1.29 is 19.4 Å². The largest absolute Gasteiger partial charge is 0.508 e. The van der Waals surface area contributed by atoms with E-state index in [0.29, 0.717) is 29.4 Å². The Kier molecular flexibility index (Phi) is 4.47. The molecule has 2 aromatic heterocycles. The minimum atomic E-state index is -0.400. The Morgan fingerprint density at radius 1 is 1.21 bits per heavy atom. The van der Waals surface area contributed by atoms with Crippen LogP contribution in [0.15, 0.2) is 30.3 Å². The molecule has 0 radical (unpaired) electrons. The summed E-state index contributed by atoms with van der Waals surface area (Å²) in [5, 5.41) is 15.3. The Balaban J connectivity index is 1.75. The van der Waals surface area contributed by atoms with Gasteiger partial charge in [0.05, 0.1) is 29.4 Å². The van der Waals surface area contributed by atoms with Crippen molar-refractivity contribution in [2.75, 3.05) is 13.7 Å². The maximum atomic E-state index is 12.7. The molecule has 1 unspecified atom stereocenters. The van der Waals surface area contributed by atoms with Crippen LogP contribution in [0.5, 0.6) is 5.75 Å². The van der Waals surface area contributed by atoms with Crippen LogP contribution in [0.4, 0.5) is 0 Å². The van der Waals surface area contributed by atoms with Gasteiger partial charge in [-0.1, -0.05) is 0 Å². The molecule has 7 nitrogen and oxygen atoms in total. The van der Waals surface area contributed by atoms with E-state index in [2.05, 4.69) is 0 Å². The number of carbonyl (C=O) groups excluding carboxylic acids is 1. The average Bonchev–Trinajstić information content (AvgIpc) is 3.54. The molecule has 3 heterocycles. The number of carbonyl (C=O) groups is 1. The van der Waals surface area contributed by atoms with Crippen molar-refractivity contribution in [2.45, 2.75) is 44.2 Å². The first-order chi connectivity index (χ1) is 14.2. The molecule has 1 atom stereocenters. The Labute approximate surface area is 168 Å². The lowest BCUT2D eigenvalue weighted by atomic mass is 10.0. The molecule has 7 heteroatoms. The molecule has 1 aromatic carbocycles. The fraction of sp³-hybridized carbons (Fsp3) is 0.409. The van der Waals surface area contributed by atoms with E-state index in [1.807, 2.05) is 4.68 Å². The molecule has 150 valence electrons. The van der Waals surface area contributed by atoms with E-state index in [9.17, 15) is 9.90 Å². The smallest absolute Gasteiger partial charge is 0.338 e. The summed E-state index contributed by atoms with van der Waals surface area (Å²) in [4.78, 5) is 17.6. The molecule has 0 spiro atoms. The van der Waals surface area contributed by atoms with Crippen LogP contribution in [0.25, 0.3) is 22.3 Å². The monoisotopic (exact) mass is 393 g/mol. The molecule has 1 N–H and O–H groups in total. The lowest BCUT2D eigenvalue weighted by Crippen LogP contribution is -2.19. The van der Waals surface area contributed by atoms with Gasteiger partial charge in [-0.15, -0.1) is 0 Å². The first-order valence-corrected chi connectivity index (χ1v) is 10.1. The summed E-state index contributed by atoms with van der Waals surface area (Å²) in [6.45, 7) is 0.701. The summed E-state index contributed by atoms with van der Waals surface area (Å²) in [6.07, 6.45) is 4.96. The predicted octanol–water partition coefficient (Wildman–Crippen LogP) is 4.17. The van der Waals surface area contributed by atoms with Crippen molar-refractivity contribution in [1.82, 2.24) is 14.8 Å². The lowest BCUT2D eigenvalue weighted by Gasteiger charge is -2.23. The van der Waals surface area contributed by atoms with Crippen LogP contribution in [0.3, 0.4) is 0 Å². The normalized spacial score (nSPS) is 19.4. The van der Waals surface area contributed by atoms with Crippen molar-refractivity contribution in [1.29, 1.82) is 0 Å². The molecule has 1 aliphatic heterocycles. The van der Waals surface area contributed by atoms with E-state index in [1.165, 1.54) is 7.11 Å². The highest BCUT2D eigenvalue weighted by Gasteiger charge is 2.34. The standard InChI is InChI=1S/C22H23N3O4/c1-28-22(27)16-12-17(13-7-9-15(26)10-8-13)23-21-19(16)20(14-5-6-14)24-25(21)18-4-2-3-11-29-18/h7-10,12,14,18,26H,2-6,11H2,1H3. The number of benzene rings is 1. The topological polar surface area (TPSA) is 86.5 Å². The molecule has 0 amide bonds. The van der Waals surface area contributed by atoms with E-state index >= 15 is 0 Å². The maximum absolute atomic E-state index is 12.7. The van der Waals surface area contributed by atoms with Gasteiger partial charge in [0, 0.05) is 18.1 Å². The number of pyridine rings is 1. The Bertz CT molecular complexity index is 1060. The Morgan fingerprint density at radius 2 is 2.00 bits per heavy atom. The van der Waals surface area contributed by atoms with E-state index in [4.69, 9.17) is 19.6 Å². The third-order valence-electron chi connectivity index (χ3n) is 5.65. The van der Waals surface area contributed by atoms with E-state index in [1.54, 1.807) is 30.3 Å². The van der Waals surface area contributed by atoms with Crippen molar-refractivity contribution in [2.24, 2.45) is 0 Å². The summed E-state index contributed by atoms with van der Waals surface area (Å²) in [6, 6.07) is 8.54. The van der Waals surface area contributed by atoms with Crippen LogP contribution < -0.4 is 0 Å². The second kappa shape index (κ2) is 7.15. The van der Waals surface area contributed by atoms with Gasteiger partial charge < -0.3 is 14.6 Å². The van der Waals surface area contributed by atoms with Crippen molar-refractivity contribution >= 4 is 17.0 Å². The zero-order valence-electron chi connectivity index (χ0n) is 16.3. The molecule has 3 aromatic rings. The van der Waals surface area contributed by atoms with Gasteiger partial charge in [-0.3, -0.25) is 0 Å². The SMILES string of the molecule is COC(=O)c1cc(-c2ccc(O)cc2)nc2c1c(C1CC1)nn2C1CCCCO1. The molecule has 5 rings (SSSR count). The predicted molar refractivity (Wildman–Crippen MR) is 107 cm³/mol. The molecule has 1 saturated heterocycles. The minimum Gasteiger partial charge on any atom is -0.508 e. The first-order valence-electron chi connectivity index (χ1n) is 10.1. The zero-order chi connectivity index (χ0) is 20.0. The van der Waals surface area contributed by atoms with E-state index in [-0.39, 0.29) is 12.0 Å².